The molecule has 302 valence electrons. The van der Waals surface area contributed by atoms with Gasteiger partial charge in [-0.3, -0.25) is 4.79 Å². The molecule has 2 aliphatic heterocycles. The van der Waals surface area contributed by atoms with Gasteiger partial charge in [0.25, 0.3) is 0 Å². The van der Waals surface area contributed by atoms with Crippen LogP contribution in [0.25, 0.3) is 0 Å². The van der Waals surface area contributed by atoms with Crippen LogP contribution in [0.4, 0.5) is 0 Å². The maximum absolute atomic E-state index is 13.0. The highest BCUT2D eigenvalue weighted by Crippen LogP contribution is 2.77. The SMILES string of the molecule is C=C(C)[C@@H]1CC[C@@]2(C(=O)O)CC[C@@]3(C)[C@H](CC[C@H]4[C@@]5(C)CC[C@@H](O[C@@H]6OC[C@@H](O)[C@@H](O)[C@H]6O[C@H]6O[C@H](C)[C@H](O)[C@H](O)[C@@H]6O)[C@@](C)(CO)[C@H]5CC[C@@]43C)[C@H]12. The summed E-state index contributed by atoms with van der Waals surface area (Å²) < 4.78 is 24.3. The van der Waals surface area contributed by atoms with Crippen molar-refractivity contribution >= 4 is 5.97 Å². The lowest BCUT2D eigenvalue weighted by atomic mass is 9.32. The molecule has 2 heterocycles. The summed E-state index contributed by atoms with van der Waals surface area (Å²) in [4.78, 5) is 13.0. The maximum Gasteiger partial charge on any atom is 0.309 e. The molecule has 2 saturated heterocycles. The number of hydrogen-bond acceptors (Lipinski definition) is 11. The van der Waals surface area contributed by atoms with Crippen LogP contribution in [-0.2, 0) is 23.7 Å². The first kappa shape index (κ1) is 40.0. The van der Waals surface area contributed by atoms with Crippen LogP contribution < -0.4 is 0 Å². The fraction of sp³-hybridized carbons (Fsp3) is 0.927. The van der Waals surface area contributed by atoms with Crippen LogP contribution in [-0.4, -0.2) is 116 Å². The number of ether oxygens (including phenoxy) is 4. The molecule has 12 heteroatoms. The second-order valence-electron chi connectivity index (χ2n) is 19.5. The molecular weight excluding hydrogens is 684 g/mol. The van der Waals surface area contributed by atoms with Gasteiger partial charge in [-0.15, -0.1) is 0 Å². The van der Waals surface area contributed by atoms with E-state index < -0.39 is 78.2 Å². The lowest BCUT2D eigenvalue weighted by Crippen LogP contribution is -2.68. The Hall–Kier alpha value is -1.19. The number of aliphatic hydroxyl groups is 6. The van der Waals surface area contributed by atoms with E-state index in [2.05, 4.69) is 41.2 Å². The number of rotatable bonds is 7. The van der Waals surface area contributed by atoms with E-state index in [0.29, 0.717) is 24.7 Å². The van der Waals surface area contributed by atoms with E-state index >= 15 is 0 Å². The van der Waals surface area contributed by atoms with Gasteiger partial charge in [0.15, 0.2) is 12.6 Å². The van der Waals surface area contributed by atoms with Crippen molar-refractivity contribution < 1.29 is 59.5 Å². The van der Waals surface area contributed by atoms with Crippen LogP contribution >= 0.6 is 0 Å². The monoisotopic (exact) mass is 750 g/mol. The first-order chi connectivity index (χ1) is 24.8. The first-order valence-corrected chi connectivity index (χ1v) is 20.3. The van der Waals surface area contributed by atoms with Gasteiger partial charge in [-0.05, 0) is 124 Å². The highest BCUT2D eigenvalue weighted by atomic mass is 16.8. The molecular formula is C41H66O12. The predicted molar refractivity (Wildman–Crippen MR) is 192 cm³/mol. The summed E-state index contributed by atoms with van der Waals surface area (Å²) in [6.07, 6.45) is -3.90. The molecule has 7 rings (SSSR count). The van der Waals surface area contributed by atoms with Gasteiger partial charge in [-0.1, -0.05) is 39.8 Å². The zero-order valence-electron chi connectivity index (χ0n) is 32.5. The third-order valence-electron chi connectivity index (χ3n) is 17.4. The highest BCUT2D eigenvalue weighted by Gasteiger charge is 2.72. The molecule has 7 N–H and O–H groups in total. The summed E-state index contributed by atoms with van der Waals surface area (Å²) in [5.41, 5.74) is -0.394. The number of hydrogen-bond donors (Lipinski definition) is 7. The molecule has 0 amide bonds. The van der Waals surface area contributed by atoms with Gasteiger partial charge in [-0.2, -0.15) is 0 Å². The summed E-state index contributed by atoms with van der Waals surface area (Å²) in [5.74, 6) is 0.490. The van der Waals surface area contributed by atoms with Crippen LogP contribution in [0, 0.1) is 56.7 Å². The molecule has 7 aliphatic rings. The van der Waals surface area contributed by atoms with E-state index in [1.54, 1.807) is 0 Å². The average molecular weight is 751 g/mol. The molecule has 7 fully saturated rings. The van der Waals surface area contributed by atoms with Crippen molar-refractivity contribution in [2.24, 2.45) is 56.7 Å². The molecule has 0 spiro atoms. The van der Waals surface area contributed by atoms with Crippen LogP contribution in [0.3, 0.4) is 0 Å². The van der Waals surface area contributed by atoms with Crippen molar-refractivity contribution in [3.63, 3.8) is 0 Å². The number of carboxylic acid groups (broad SMARTS) is 1. The van der Waals surface area contributed by atoms with Crippen molar-refractivity contribution in [1.82, 2.24) is 0 Å². The Morgan fingerprint density at radius 3 is 2.17 bits per heavy atom. The number of carboxylic acids is 1. The zero-order chi connectivity index (χ0) is 38.6. The molecule has 0 bridgehead atoms. The molecule has 0 aromatic heterocycles. The topological polar surface area (TPSA) is 196 Å². The van der Waals surface area contributed by atoms with Crippen LogP contribution in [0.1, 0.15) is 106 Å². The van der Waals surface area contributed by atoms with Crippen LogP contribution in [0.5, 0.6) is 0 Å². The summed E-state index contributed by atoms with van der Waals surface area (Å²) in [6, 6.07) is 0. The number of aliphatic carboxylic acids is 1. The average Bonchev–Trinajstić information content (AvgIpc) is 3.52. The van der Waals surface area contributed by atoms with Crippen molar-refractivity contribution in [2.45, 2.75) is 167 Å². The van der Waals surface area contributed by atoms with Crippen molar-refractivity contribution in [2.75, 3.05) is 13.2 Å². The Morgan fingerprint density at radius 1 is 0.792 bits per heavy atom. The van der Waals surface area contributed by atoms with E-state index in [1.165, 1.54) is 6.92 Å². The van der Waals surface area contributed by atoms with Crippen molar-refractivity contribution in [3.05, 3.63) is 12.2 Å². The van der Waals surface area contributed by atoms with Gasteiger partial charge in [0, 0.05) is 5.41 Å². The van der Waals surface area contributed by atoms with E-state index in [0.717, 1.165) is 56.9 Å². The molecule has 5 aliphatic carbocycles. The van der Waals surface area contributed by atoms with Crippen molar-refractivity contribution in [1.29, 1.82) is 0 Å². The molecule has 0 radical (unpaired) electrons. The quantitative estimate of drug-likeness (QED) is 0.148. The smallest absolute Gasteiger partial charge is 0.309 e. The van der Waals surface area contributed by atoms with E-state index in [9.17, 15) is 40.5 Å². The molecule has 0 unspecified atom stereocenters. The molecule has 12 nitrogen and oxygen atoms in total. The minimum absolute atomic E-state index is 0.0140. The Morgan fingerprint density at radius 2 is 1.51 bits per heavy atom. The number of allylic oxidation sites excluding steroid dienone is 1. The van der Waals surface area contributed by atoms with Gasteiger partial charge >= 0.3 is 5.97 Å². The standard InChI is InChI=1S/C41H66O12/c1-20(2)22-10-15-41(36(48)49)17-16-39(6)23(28(22)41)8-9-26-37(4)13-12-27(38(5,19-42)25(37)11-14-40(26,39)7)52-35-33(30(45)24(43)18-50-35)53-34-32(47)31(46)29(44)21(3)51-34/h21-35,42-47H,1,8-19H2,2-7H3,(H,48,49)/t21-,22+,23-,24-,25+,26+,27-,28+,29+,30-,31+,32+,33-,34-,35+,37+,38+,39+,40+,41-/m1/s1. The number of carbonyl (C=O) groups is 1. The lowest BCUT2D eigenvalue weighted by Gasteiger charge is -2.73. The molecule has 0 aromatic rings. The van der Waals surface area contributed by atoms with Gasteiger partial charge in [0.05, 0.1) is 30.8 Å². The Bertz CT molecular complexity index is 1410. The molecule has 5 saturated carbocycles. The summed E-state index contributed by atoms with van der Waals surface area (Å²) in [6.45, 7) is 17.1. The minimum Gasteiger partial charge on any atom is -0.481 e. The third kappa shape index (κ3) is 5.69. The summed E-state index contributed by atoms with van der Waals surface area (Å²) in [5, 5.41) is 74.9. The predicted octanol–water partition coefficient (Wildman–Crippen LogP) is 3.38. The second-order valence-corrected chi connectivity index (χ2v) is 19.5. The van der Waals surface area contributed by atoms with Crippen LogP contribution in [0.2, 0.25) is 0 Å². The fourth-order valence-electron chi connectivity index (χ4n) is 14.2. The molecule has 53 heavy (non-hydrogen) atoms. The number of aliphatic hydroxyl groups excluding tert-OH is 6. The second kappa shape index (κ2) is 13.7. The van der Waals surface area contributed by atoms with E-state index in [4.69, 9.17) is 18.9 Å². The van der Waals surface area contributed by atoms with Gasteiger partial charge in [-0.25, -0.2) is 0 Å². The van der Waals surface area contributed by atoms with Gasteiger partial charge < -0.3 is 54.7 Å². The Labute approximate surface area is 314 Å². The Kier molecular flexibility index (Phi) is 10.4. The van der Waals surface area contributed by atoms with Crippen LogP contribution in [0.15, 0.2) is 12.2 Å². The summed E-state index contributed by atoms with van der Waals surface area (Å²) in [7, 11) is 0. The lowest BCUT2D eigenvalue weighted by molar-refractivity contribution is -0.366. The third-order valence-corrected chi connectivity index (χ3v) is 17.4. The molecule has 20 atom stereocenters. The first-order valence-electron chi connectivity index (χ1n) is 20.3. The van der Waals surface area contributed by atoms with Crippen molar-refractivity contribution in [3.8, 4) is 0 Å². The fourth-order valence-corrected chi connectivity index (χ4v) is 14.2. The van der Waals surface area contributed by atoms with E-state index in [1.807, 2.05) is 0 Å². The molecule has 0 aromatic carbocycles. The van der Waals surface area contributed by atoms with Gasteiger partial charge in [0.2, 0.25) is 0 Å². The normalized spacial score (nSPS) is 56.7. The maximum atomic E-state index is 13.0. The highest BCUT2D eigenvalue weighted by molar-refractivity contribution is 5.76. The number of fused-ring (bicyclic) bond motifs is 7. The summed E-state index contributed by atoms with van der Waals surface area (Å²) >= 11 is 0. The van der Waals surface area contributed by atoms with E-state index in [-0.39, 0.29) is 47.2 Å². The zero-order valence-corrected chi connectivity index (χ0v) is 32.5. The minimum atomic E-state index is -1.62. The Balaban J connectivity index is 1.14. The van der Waals surface area contributed by atoms with Gasteiger partial charge in [0.1, 0.15) is 36.6 Å². The largest absolute Gasteiger partial charge is 0.481 e.